The Balaban J connectivity index is 2.35. The molecule has 0 saturated heterocycles. The van der Waals surface area contributed by atoms with Crippen LogP contribution in [0.25, 0.3) is 0 Å². The van der Waals surface area contributed by atoms with Crippen LogP contribution in [-0.2, 0) is 11.3 Å². The van der Waals surface area contributed by atoms with Gasteiger partial charge in [0.2, 0.25) is 5.91 Å². The Kier molecular flexibility index (Phi) is 7.25. The molecule has 0 saturated carbocycles. The summed E-state index contributed by atoms with van der Waals surface area (Å²) in [5, 5.41) is 5.39. The van der Waals surface area contributed by atoms with E-state index in [0.29, 0.717) is 38.3 Å². The number of nitrogens with one attached hydrogen (secondary N) is 2. The van der Waals surface area contributed by atoms with Crippen LogP contribution in [0.5, 0.6) is 0 Å². The summed E-state index contributed by atoms with van der Waals surface area (Å²) in [7, 11) is 0. The van der Waals surface area contributed by atoms with Crippen molar-refractivity contribution >= 4 is 17.6 Å². The molecule has 0 aliphatic carbocycles. The molecule has 3 amide bonds. The number of carbonyl (C=O) groups excluding carboxylic acids is 2. The molecule has 0 aliphatic rings. The van der Waals surface area contributed by atoms with Crippen molar-refractivity contribution in [1.82, 2.24) is 10.2 Å². The first-order valence-electron chi connectivity index (χ1n) is 7.22. The van der Waals surface area contributed by atoms with Gasteiger partial charge in [-0.15, -0.1) is 0 Å². The Labute approximate surface area is 125 Å². The second kappa shape index (κ2) is 8.97. The van der Waals surface area contributed by atoms with Gasteiger partial charge in [-0.05, 0) is 31.5 Å². The molecule has 0 heterocycles. The van der Waals surface area contributed by atoms with E-state index in [-0.39, 0.29) is 11.9 Å². The number of anilines is 1. The van der Waals surface area contributed by atoms with Crippen molar-refractivity contribution in [2.75, 3.05) is 25.0 Å². The molecule has 0 fully saturated rings. The molecule has 0 aliphatic heterocycles. The first-order chi connectivity index (χ1) is 10.1. The highest BCUT2D eigenvalue weighted by molar-refractivity contribution is 5.89. The lowest BCUT2D eigenvalue weighted by Crippen LogP contribution is -2.35. The standard InChI is InChI=1S/C15H24N4O2/c1-3-19(4-2)14(20)8-9-17-15(21)18-13-7-5-6-12(10-13)11-16/h5-7,10H,3-4,8-9,11,16H2,1-2H3,(H2,17,18,21). The SMILES string of the molecule is CCN(CC)C(=O)CCNC(=O)Nc1cccc(CN)c1. The van der Waals surface area contributed by atoms with E-state index in [2.05, 4.69) is 10.6 Å². The number of benzene rings is 1. The van der Waals surface area contributed by atoms with Crippen molar-refractivity contribution in [2.24, 2.45) is 5.73 Å². The topological polar surface area (TPSA) is 87.5 Å². The van der Waals surface area contributed by atoms with E-state index in [4.69, 9.17) is 5.73 Å². The molecule has 0 unspecified atom stereocenters. The largest absolute Gasteiger partial charge is 0.343 e. The average Bonchev–Trinajstić information content (AvgIpc) is 2.48. The second-order valence-corrected chi connectivity index (χ2v) is 4.60. The van der Waals surface area contributed by atoms with Gasteiger partial charge < -0.3 is 21.3 Å². The van der Waals surface area contributed by atoms with Crippen molar-refractivity contribution in [3.8, 4) is 0 Å². The van der Waals surface area contributed by atoms with Crippen LogP contribution in [0.2, 0.25) is 0 Å². The van der Waals surface area contributed by atoms with E-state index in [1.165, 1.54) is 0 Å². The van der Waals surface area contributed by atoms with E-state index < -0.39 is 0 Å². The highest BCUT2D eigenvalue weighted by atomic mass is 16.2. The summed E-state index contributed by atoms with van der Waals surface area (Å²) < 4.78 is 0. The minimum Gasteiger partial charge on any atom is -0.343 e. The molecule has 0 bridgehead atoms. The minimum atomic E-state index is -0.323. The highest BCUT2D eigenvalue weighted by Gasteiger charge is 2.09. The number of carbonyl (C=O) groups is 2. The first kappa shape index (κ1) is 17.0. The number of amides is 3. The predicted molar refractivity (Wildman–Crippen MR) is 83.9 cm³/mol. The van der Waals surface area contributed by atoms with E-state index in [0.717, 1.165) is 5.56 Å². The predicted octanol–water partition coefficient (Wildman–Crippen LogP) is 1.53. The lowest BCUT2D eigenvalue weighted by Gasteiger charge is -2.18. The number of hydrogen-bond acceptors (Lipinski definition) is 3. The second-order valence-electron chi connectivity index (χ2n) is 4.60. The van der Waals surface area contributed by atoms with Gasteiger partial charge in [-0.3, -0.25) is 4.79 Å². The van der Waals surface area contributed by atoms with Crippen LogP contribution in [0, 0.1) is 0 Å². The summed E-state index contributed by atoms with van der Waals surface area (Å²) in [6, 6.07) is 7.02. The van der Waals surface area contributed by atoms with E-state index in [1.807, 2.05) is 32.0 Å². The molecule has 21 heavy (non-hydrogen) atoms. The maximum Gasteiger partial charge on any atom is 0.319 e. The molecule has 116 valence electrons. The van der Waals surface area contributed by atoms with Gasteiger partial charge in [0.25, 0.3) is 0 Å². The summed E-state index contributed by atoms with van der Waals surface area (Å²) in [5.41, 5.74) is 7.18. The molecule has 4 N–H and O–H groups in total. The lowest BCUT2D eigenvalue weighted by atomic mass is 10.2. The number of urea groups is 1. The Morgan fingerprint density at radius 2 is 1.95 bits per heavy atom. The molecule has 6 nitrogen and oxygen atoms in total. The first-order valence-corrected chi connectivity index (χ1v) is 7.22. The van der Waals surface area contributed by atoms with Gasteiger partial charge in [0, 0.05) is 38.3 Å². The van der Waals surface area contributed by atoms with Crippen LogP contribution in [0.1, 0.15) is 25.8 Å². The minimum absolute atomic E-state index is 0.0467. The van der Waals surface area contributed by atoms with Gasteiger partial charge in [0.1, 0.15) is 0 Å². The Morgan fingerprint density at radius 3 is 2.57 bits per heavy atom. The van der Waals surface area contributed by atoms with Gasteiger partial charge in [0.15, 0.2) is 0 Å². The molecule has 6 heteroatoms. The molecule has 0 radical (unpaired) electrons. The van der Waals surface area contributed by atoms with Crippen LogP contribution < -0.4 is 16.4 Å². The fourth-order valence-electron chi connectivity index (χ4n) is 1.97. The zero-order chi connectivity index (χ0) is 15.7. The summed E-state index contributed by atoms with van der Waals surface area (Å²) >= 11 is 0. The highest BCUT2D eigenvalue weighted by Crippen LogP contribution is 2.09. The quantitative estimate of drug-likeness (QED) is 0.712. The van der Waals surface area contributed by atoms with Gasteiger partial charge in [-0.25, -0.2) is 4.79 Å². The van der Waals surface area contributed by atoms with Gasteiger partial charge in [0.05, 0.1) is 0 Å². The molecule has 0 spiro atoms. The van der Waals surface area contributed by atoms with Gasteiger partial charge >= 0.3 is 6.03 Å². The average molecular weight is 292 g/mol. The van der Waals surface area contributed by atoms with E-state index >= 15 is 0 Å². The smallest absolute Gasteiger partial charge is 0.319 e. The fourth-order valence-corrected chi connectivity index (χ4v) is 1.97. The van der Waals surface area contributed by atoms with Gasteiger partial charge in [-0.1, -0.05) is 12.1 Å². The summed E-state index contributed by atoms with van der Waals surface area (Å²) in [6.45, 7) is 5.99. The third-order valence-electron chi connectivity index (χ3n) is 3.16. The number of nitrogens with two attached hydrogens (primary N) is 1. The van der Waals surface area contributed by atoms with Crippen LogP contribution >= 0.6 is 0 Å². The third-order valence-corrected chi connectivity index (χ3v) is 3.16. The van der Waals surface area contributed by atoms with Crippen molar-refractivity contribution < 1.29 is 9.59 Å². The Hall–Kier alpha value is -2.08. The van der Waals surface area contributed by atoms with Crippen molar-refractivity contribution in [2.45, 2.75) is 26.8 Å². The maximum absolute atomic E-state index is 11.8. The molecule has 0 atom stereocenters. The zero-order valence-electron chi connectivity index (χ0n) is 12.7. The van der Waals surface area contributed by atoms with Crippen molar-refractivity contribution in [3.63, 3.8) is 0 Å². The monoisotopic (exact) mass is 292 g/mol. The third kappa shape index (κ3) is 5.83. The number of rotatable bonds is 7. The molecule has 1 rings (SSSR count). The summed E-state index contributed by atoms with van der Waals surface area (Å²) in [4.78, 5) is 25.2. The van der Waals surface area contributed by atoms with Crippen LogP contribution in [-0.4, -0.2) is 36.5 Å². The Bertz CT molecular complexity index is 472. The molecular weight excluding hydrogens is 268 g/mol. The fraction of sp³-hybridized carbons (Fsp3) is 0.467. The Morgan fingerprint density at radius 1 is 1.24 bits per heavy atom. The van der Waals surface area contributed by atoms with Crippen LogP contribution in [0.4, 0.5) is 10.5 Å². The van der Waals surface area contributed by atoms with E-state index in [1.54, 1.807) is 11.0 Å². The number of hydrogen-bond donors (Lipinski definition) is 3. The molecule has 0 aromatic heterocycles. The molecule has 1 aromatic carbocycles. The normalized spacial score (nSPS) is 10.0. The molecular formula is C15H24N4O2. The zero-order valence-corrected chi connectivity index (χ0v) is 12.7. The van der Waals surface area contributed by atoms with Crippen molar-refractivity contribution in [3.05, 3.63) is 29.8 Å². The number of nitrogens with zero attached hydrogens (tertiary/aromatic N) is 1. The van der Waals surface area contributed by atoms with Crippen LogP contribution in [0.15, 0.2) is 24.3 Å². The maximum atomic E-state index is 11.8. The van der Waals surface area contributed by atoms with Crippen LogP contribution in [0.3, 0.4) is 0 Å². The van der Waals surface area contributed by atoms with Crippen molar-refractivity contribution in [1.29, 1.82) is 0 Å². The summed E-state index contributed by atoms with van der Waals surface area (Å²) in [6.07, 6.45) is 0.304. The van der Waals surface area contributed by atoms with Gasteiger partial charge in [-0.2, -0.15) is 0 Å². The molecule has 1 aromatic rings. The van der Waals surface area contributed by atoms with E-state index in [9.17, 15) is 9.59 Å². The lowest BCUT2D eigenvalue weighted by molar-refractivity contribution is -0.130. The summed E-state index contributed by atoms with van der Waals surface area (Å²) in [5.74, 6) is 0.0467.